The molecule has 0 atom stereocenters. The summed E-state index contributed by atoms with van der Waals surface area (Å²) in [6, 6.07) is 13.5. The fraction of sp³-hybridized carbons (Fsp3) is 0.333. The Labute approximate surface area is 181 Å². The van der Waals surface area contributed by atoms with E-state index in [2.05, 4.69) is 5.32 Å². The van der Waals surface area contributed by atoms with E-state index in [-0.39, 0.29) is 10.8 Å². The molecule has 30 heavy (non-hydrogen) atoms. The maximum atomic E-state index is 12.2. The molecule has 0 spiro atoms. The van der Waals surface area contributed by atoms with E-state index in [0.717, 1.165) is 11.1 Å². The normalized spacial score (nSPS) is 11.2. The van der Waals surface area contributed by atoms with E-state index >= 15 is 0 Å². The van der Waals surface area contributed by atoms with E-state index in [1.807, 2.05) is 22.9 Å². The van der Waals surface area contributed by atoms with Crippen molar-refractivity contribution in [2.75, 3.05) is 6.54 Å². The number of halogens is 1. The van der Waals surface area contributed by atoms with Crippen molar-refractivity contribution in [3.8, 4) is 0 Å². The molecular formula is C21H25ClN2O5S. The third kappa shape index (κ3) is 8.04. The van der Waals surface area contributed by atoms with Gasteiger partial charge in [0.15, 0.2) is 0 Å². The van der Waals surface area contributed by atoms with Gasteiger partial charge < -0.3 is 10.1 Å². The Bertz CT molecular complexity index is 975. The second-order valence-electron chi connectivity index (χ2n) is 6.93. The minimum absolute atomic E-state index is 0.0440. The summed E-state index contributed by atoms with van der Waals surface area (Å²) in [5.74, 6) is -0.0676. The SMILES string of the molecule is CC(C)OC(=O)NS(=O)(=O)c1ccc(CCNC(=O)CCc2cccc(Cl)c2)cc1. The molecule has 2 N–H and O–H groups in total. The molecule has 162 valence electrons. The predicted octanol–water partition coefficient (Wildman–Crippen LogP) is 3.45. The molecule has 0 saturated heterocycles. The lowest BCUT2D eigenvalue weighted by atomic mass is 10.1. The highest BCUT2D eigenvalue weighted by Crippen LogP contribution is 2.13. The van der Waals surface area contributed by atoms with Crippen LogP contribution >= 0.6 is 11.6 Å². The van der Waals surface area contributed by atoms with Crippen molar-refractivity contribution < 1.29 is 22.7 Å². The molecule has 2 rings (SSSR count). The van der Waals surface area contributed by atoms with Gasteiger partial charge >= 0.3 is 6.09 Å². The topological polar surface area (TPSA) is 102 Å². The molecule has 0 aliphatic carbocycles. The van der Waals surface area contributed by atoms with Crippen molar-refractivity contribution in [1.82, 2.24) is 10.0 Å². The van der Waals surface area contributed by atoms with E-state index in [4.69, 9.17) is 16.3 Å². The van der Waals surface area contributed by atoms with Crippen LogP contribution in [0.5, 0.6) is 0 Å². The number of carbonyl (C=O) groups excluding carboxylic acids is 2. The summed E-state index contributed by atoms with van der Waals surface area (Å²) < 4.78 is 31.0. The summed E-state index contributed by atoms with van der Waals surface area (Å²) in [5.41, 5.74) is 1.86. The molecular weight excluding hydrogens is 428 g/mol. The summed E-state index contributed by atoms with van der Waals surface area (Å²) in [6.07, 6.45) is 0.0604. The van der Waals surface area contributed by atoms with Crippen LogP contribution in [-0.2, 0) is 32.4 Å². The zero-order valence-electron chi connectivity index (χ0n) is 16.9. The Kier molecular flexibility index (Phi) is 8.68. The molecule has 2 aromatic carbocycles. The molecule has 7 nitrogen and oxygen atoms in total. The predicted molar refractivity (Wildman–Crippen MR) is 115 cm³/mol. The Hall–Kier alpha value is -2.58. The lowest BCUT2D eigenvalue weighted by molar-refractivity contribution is -0.121. The van der Waals surface area contributed by atoms with Gasteiger partial charge in [-0.1, -0.05) is 35.9 Å². The highest BCUT2D eigenvalue weighted by atomic mass is 35.5. The molecule has 2 aromatic rings. The van der Waals surface area contributed by atoms with Crippen LogP contribution in [0.2, 0.25) is 5.02 Å². The molecule has 0 aliphatic heterocycles. The Morgan fingerprint density at radius 1 is 1.03 bits per heavy atom. The highest BCUT2D eigenvalue weighted by molar-refractivity contribution is 7.90. The molecule has 0 radical (unpaired) electrons. The summed E-state index contributed by atoms with van der Waals surface area (Å²) in [4.78, 5) is 23.5. The molecule has 0 saturated carbocycles. The minimum Gasteiger partial charge on any atom is -0.446 e. The van der Waals surface area contributed by atoms with E-state index in [0.29, 0.717) is 30.8 Å². The summed E-state index contributed by atoms with van der Waals surface area (Å²) in [5, 5.41) is 3.49. The molecule has 0 unspecified atom stereocenters. The van der Waals surface area contributed by atoms with Crippen LogP contribution in [-0.4, -0.2) is 33.1 Å². The summed E-state index contributed by atoms with van der Waals surface area (Å²) in [6.45, 7) is 3.67. The first-order valence-electron chi connectivity index (χ1n) is 9.49. The van der Waals surface area contributed by atoms with E-state index in [1.54, 1.807) is 32.0 Å². The quantitative estimate of drug-likeness (QED) is 0.606. The van der Waals surface area contributed by atoms with Gasteiger partial charge in [0.1, 0.15) is 0 Å². The Balaban J connectivity index is 1.78. The Morgan fingerprint density at radius 2 is 1.73 bits per heavy atom. The first-order valence-corrected chi connectivity index (χ1v) is 11.4. The number of benzene rings is 2. The smallest absolute Gasteiger partial charge is 0.421 e. The molecule has 0 bridgehead atoms. The maximum absolute atomic E-state index is 12.2. The zero-order chi connectivity index (χ0) is 22.1. The lowest BCUT2D eigenvalue weighted by Crippen LogP contribution is -2.32. The van der Waals surface area contributed by atoms with Gasteiger partial charge in [0, 0.05) is 18.0 Å². The lowest BCUT2D eigenvalue weighted by Gasteiger charge is -2.10. The van der Waals surface area contributed by atoms with Crippen LogP contribution in [0.4, 0.5) is 4.79 Å². The van der Waals surface area contributed by atoms with Crippen LogP contribution in [0.15, 0.2) is 53.4 Å². The number of aryl methyl sites for hydroxylation is 1. The van der Waals surface area contributed by atoms with Crippen molar-refractivity contribution in [3.05, 3.63) is 64.7 Å². The number of hydrogen-bond donors (Lipinski definition) is 2. The van der Waals surface area contributed by atoms with Crippen LogP contribution in [0.25, 0.3) is 0 Å². The van der Waals surface area contributed by atoms with Crippen molar-refractivity contribution in [3.63, 3.8) is 0 Å². The van der Waals surface area contributed by atoms with Gasteiger partial charge in [0.2, 0.25) is 5.91 Å². The first-order chi connectivity index (χ1) is 14.2. The van der Waals surface area contributed by atoms with Crippen molar-refractivity contribution in [2.45, 2.75) is 44.1 Å². The average molecular weight is 453 g/mol. The van der Waals surface area contributed by atoms with Gasteiger partial charge in [0.25, 0.3) is 10.0 Å². The van der Waals surface area contributed by atoms with Gasteiger partial charge in [-0.3, -0.25) is 4.79 Å². The number of sulfonamides is 1. The number of rotatable bonds is 9. The molecule has 0 aliphatic rings. The molecule has 2 amide bonds. The van der Waals surface area contributed by atoms with Crippen molar-refractivity contribution >= 4 is 33.6 Å². The minimum atomic E-state index is -4.00. The number of nitrogens with one attached hydrogen (secondary N) is 2. The van der Waals surface area contributed by atoms with Crippen LogP contribution in [0, 0.1) is 0 Å². The second-order valence-corrected chi connectivity index (χ2v) is 9.05. The summed E-state index contributed by atoms with van der Waals surface area (Å²) in [7, 11) is -4.00. The van der Waals surface area contributed by atoms with E-state index < -0.39 is 22.2 Å². The van der Waals surface area contributed by atoms with Crippen LogP contribution in [0.1, 0.15) is 31.4 Å². The summed E-state index contributed by atoms with van der Waals surface area (Å²) >= 11 is 5.93. The van der Waals surface area contributed by atoms with Crippen molar-refractivity contribution in [1.29, 1.82) is 0 Å². The van der Waals surface area contributed by atoms with E-state index in [1.165, 1.54) is 12.1 Å². The first kappa shape index (κ1) is 23.7. The third-order valence-electron chi connectivity index (χ3n) is 4.06. The second kappa shape index (κ2) is 11.0. The molecule has 9 heteroatoms. The molecule has 0 aromatic heterocycles. The average Bonchev–Trinajstić information content (AvgIpc) is 2.66. The number of carbonyl (C=O) groups is 2. The van der Waals surface area contributed by atoms with E-state index in [9.17, 15) is 18.0 Å². The number of amides is 2. The largest absolute Gasteiger partial charge is 0.446 e. The third-order valence-corrected chi connectivity index (χ3v) is 5.62. The van der Waals surface area contributed by atoms with Crippen molar-refractivity contribution in [2.24, 2.45) is 0 Å². The van der Waals surface area contributed by atoms with Gasteiger partial charge in [-0.2, -0.15) is 0 Å². The van der Waals surface area contributed by atoms with Gasteiger partial charge in [-0.05, 0) is 62.1 Å². The number of ether oxygens (including phenoxy) is 1. The van der Waals surface area contributed by atoms with Crippen LogP contribution in [0.3, 0.4) is 0 Å². The Morgan fingerprint density at radius 3 is 2.37 bits per heavy atom. The van der Waals surface area contributed by atoms with Crippen LogP contribution < -0.4 is 10.0 Å². The molecule has 0 heterocycles. The van der Waals surface area contributed by atoms with Gasteiger partial charge in [-0.25, -0.2) is 17.9 Å². The zero-order valence-corrected chi connectivity index (χ0v) is 18.4. The van der Waals surface area contributed by atoms with Gasteiger partial charge in [-0.15, -0.1) is 0 Å². The number of hydrogen-bond acceptors (Lipinski definition) is 5. The monoisotopic (exact) mass is 452 g/mol. The fourth-order valence-corrected chi connectivity index (χ4v) is 3.72. The standard InChI is InChI=1S/C21H25ClN2O5S/c1-15(2)29-21(26)24-30(27,28)19-9-6-16(7-10-19)12-13-23-20(25)11-8-17-4-3-5-18(22)14-17/h3-7,9-10,14-15H,8,11-13H2,1-2H3,(H,23,25)(H,24,26). The highest BCUT2D eigenvalue weighted by Gasteiger charge is 2.19. The fourth-order valence-electron chi connectivity index (χ4n) is 2.63. The maximum Gasteiger partial charge on any atom is 0.421 e. The molecule has 0 fully saturated rings. The van der Waals surface area contributed by atoms with Gasteiger partial charge in [0.05, 0.1) is 11.0 Å².